The van der Waals surface area contributed by atoms with Gasteiger partial charge >= 0.3 is 6.09 Å². The van der Waals surface area contributed by atoms with Gasteiger partial charge in [-0.3, -0.25) is 19.1 Å². The Hall–Kier alpha value is -4.14. The first-order chi connectivity index (χ1) is 26.6. The first-order valence-corrected chi connectivity index (χ1v) is 22.0. The summed E-state index contributed by atoms with van der Waals surface area (Å²) in [6.07, 6.45) is 7.41. The molecule has 3 N–H and O–H groups in total. The minimum absolute atomic E-state index is 0.0550. The standard InChI is InChI=1S/C41H55N5O9S/c1-6-24-20-41(24,37(49)45-56(51,52)26-13-14-26)44-35(47)31-21-40-17-16-27-28-19-25(53-5)12-15-29(28)42-30(33(27)55-40)11-9-7-8-10-23-18-32(23)54-38(50)43-34(39(2,3)4)36(48)46(31)22-40/h12,15,19,23-24,26,31-32,34H,6-11,13-14,16-18,20-22H2,1-5H3,(H,43,50)(H,44,47)(H,45,49)/t23-,24-,31+,32-,34-,40-,41-/m1/s1. The van der Waals surface area contributed by atoms with Crippen molar-refractivity contribution in [2.75, 3.05) is 13.7 Å². The molecule has 1 saturated heterocycles. The second kappa shape index (κ2) is 14.1. The van der Waals surface area contributed by atoms with Gasteiger partial charge < -0.3 is 29.7 Å². The number of nitrogens with one attached hydrogen (secondary N) is 3. The molecule has 1 aromatic heterocycles. The van der Waals surface area contributed by atoms with Gasteiger partial charge in [-0.2, -0.15) is 0 Å². The predicted octanol–water partition coefficient (Wildman–Crippen LogP) is 4.45. The van der Waals surface area contributed by atoms with Gasteiger partial charge in [-0.25, -0.2) is 18.2 Å². The molecule has 15 heteroatoms. The Morgan fingerprint density at radius 3 is 2.57 bits per heavy atom. The molecular formula is C41H55N5O9S. The number of aryl methyl sites for hydroxylation is 2. The van der Waals surface area contributed by atoms with E-state index in [2.05, 4.69) is 15.4 Å². The lowest BCUT2D eigenvalue weighted by Crippen LogP contribution is -2.60. The van der Waals surface area contributed by atoms with Gasteiger partial charge in [0, 0.05) is 17.4 Å². The monoisotopic (exact) mass is 793 g/mol. The minimum Gasteiger partial charge on any atom is -0.497 e. The quantitative estimate of drug-likeness (QED) is 0.363. The van der Waals surface area contributed by atoms with E-state index in [1.807, 2.05) is 45.9 Å². The number of ether oxygens (including phenoxy) is 3. The molecule has 14 nitrogen and oxygen atoms in total. The van der Waals surface area contributed by atoms with Crippen molar-refractivity contribution < 1.29 is 41.8 Å². The van der Waals surface area contributed by atoms with E-state index in [-0.39, 0.29) is 37.3 Å². The average molecular weight is 794 g/mol. The topological polar surface area (TPSA) is 182 Å². The highest BCUT2D eigenvalue weighted by atomic mass is 32.2. The molecule has 0 unspecified atom stereocenters. The van der Waals surface area contributed by atoms with Crippen LogP contribution in [-0.2, 0) is 42.0 Å². The van der Waals surface area contributed by atoms with Gasteiger partial charge in [0.25, 0.3) is 5.91 Å². The van der Waals surface area contributed by atoms with Gasteiger partial charge in [0.2, 0.25) is 21.8 Å². The summed E-state index contributed by atoms with van der Waals surface area (Å²) in [4.78, 5) is 63.2. The Labute approximate surface area is 328 Å². The molecule has 4 fully saturated rings. The number of alkyl carbamates (subject to hydrolysis) is 1. The van der Waals surface area contributed by atoms with Crippen LogP contribution in [-0.4, -0.2) is 90.3 Å². The molecule has 3 aliphatic carbocycles. The normalized spacial score (nSPS) is 31.8. The number of nitrogens with zero attached hydrogens (tertiary/aromatic N) is 2. The van der Waals surface area contributed by atoms with Gasteiger partial charge in [-0.15, -0.1) is 0 Å². The first-order valence-electron chi connectivity index (χ1n) is 20.4. The number of rotatable bonds is 7. The van der Waals surface area contributed by atoms with Crippen molar-refractivity contribution in [2.24, 2.45) is 17.3 Å². The fourth-order valence-electron chi connectivity index (χ4n) is 9.24. The van der Waals surface area contributed by atoms with Gasteiger partial charge in [-0.1, -0.05) is 47.0 Å². The molecule has 8 rings (SSSR count). The lowest BCUT2D eigenvalue weighted by molar-refractivity contribution is -0.143. The van der Waals surface area contributed by atoms with Crippen LogP contribution in [0.3, 0.4) is 0 Å². The maximum Gasteiger partial charge on any atom is 0.408 e. The third-order valence-electron chi connectivity index (χ3n) is 13.0. The van der Waals surface area contributed by atoms with Crippen molar-refractivity contribution in [3.05, 3.63) is 29.5 Å². The number of methoxy groups -OCH3 is 1. The number of pyridine rings is 1. The number of carbonyl (C=O) groups is 4. The van der Waals surface area contributed by atoms with E-state index in [1.54, 1.807) is 7.11 Å². The maximum absolute atomic E-state index is 14.9. The molecule has 4 heterocycles. The Balaban J connectivity index is 1.17. The molecule has 6 aliphatic rings. The largest absolute Gasteiger partial charge is 0.497 e. The molecule has 1 spiro atoms. The molecule has 4 amide bonds. The molecule has 7 atom stereocenters. The number of sulfonamides is 1. The third-order valence-corrected chi connectivity index (χ3v) is 14.8. The number of benzene rings is 1. The Morgan fingerprint density at radius 1 is 1.09 bits per heavy atom. The van der Waals surface area contributed by atoms with E-state index in [4.69, 9.17) is 19.2 Å². The molecular weight excluding hydrogens is 739 g/mol. The fourth-order valence-corrected chi connectivity index (χ4v) is 10.6. The number of amides is 4. The zero-order valence-electron chi connectivity index (χ0n) is 33.1. The second-order valence-electron chi connectivity index (χ2n) is 18.1. The highest BCUT2D eigenvalue weighted by Crippen LogP contribution is 2.49. The van der Waals surface area contributed by atoms with E-state index in [9.17, 15) is 27.6 Å². The zero-order chi connectivity index (χ0) is 39.8. The third kappa shape index (κ3) is 7.28. The summed E-state index contributed by atoms with van der Waals surface area (Å²) in [5.41, 5.74) is -0.469. The number of hydrogen-bond acceptors (Lipinski definition) is 10. The summed E-state index contributed by atoms with van der Waals surface area (Å²) in [5.74, 6) is -0.391. The fraction of sp³-hybridized carbons (Fsp3) is 0.683. The number of carbonyl (C=O) groups excluding carboxylic acids is 4. The summed E-state index contributed by atoms with van der Waals surface area (Å²) in [6, 6.07) is 3.71. The van der Waals surface area contributed by atoms with Crippen LogP contribution < -0.4 is 24.8 Å². The molecule has 2 aromatic rings. The number of hydrogen-bond donors (Lipinski definition) is 3. The first kappa shape index (κ1) is 38.7. The van der Waals surface area contributed by atoms with Crippen LogP contribution >= 0.6 is 0 Å². The summed E-state index contributed by atoms with van der Waals surface area (Å²) < 4.78 is 46.4. The van der Waals surface area contributed by atoms with E-state index < -0.39 is 67.7 Å². The van der Waals surface area contributed by atoms with Crippen LogP contribution in [0.4, 0.5) is 4.79 Å². The maximum atomic E-state index is 14.9. The van der Waals surface area contributed by atoms with E-state index >= 15 is 0 Å². The van der Waals surface area contributed by atoms with Crippen molar-refractivity contribution in [3.63, 3.8) is 0 Å². The Bertz CT molecular complexity index is 2060. The molecule has 3 aliphatic heterocycles. The van der Waals surface area contributed by atoms with Crippen LogP contribution in [0.15, 0.2) is 18.2 Å². The van der Waals surface area contributed by atoms with E-state index in [1.165, 1.54) is 4.90 Å². The summed E-state index contributed by atoms with van der Waals surface area (Å²) in [6.45, 7) is 7.50. The van der Waals surface area contributed by atoms with Crippen molar-refractivity contribution in [1.82, 2.24) is 25.2 Å². The molecule has 304 valence electrons. The van der Waals surface area contributed by atoms with Gasteiger partial charge in [-0.05, 0) is 93.2 Å². The van der Waals surface area contributed by atoms with E-state index in [0.29, 0.717) is 50.0 Å². The van der Waals surface area contributed by atoms with Crippen LogP contribution in [0, 0.1) is 17.3 Å². The Morgan fingerprint density at radius 2 is 1.88 bits per heavy atom. The molecule has 0 radical (unpaired) electrons. The zero-order valence-corrected chi connectivity index (χ0v) is 33.9. The molecule has 3 bridgehead atoms. The lowest BCUT2D eigenvalue weighted by atomic mass is 9.85. The number of aromatic nitrogens is 1. The van der Waals surface area contributed by atoms with Crippen molar-refractivity contribution >= 4 is 44.7 Å². The summed E-state index contributed by atoms with van der Waals surface area (Å²) in [5, 5.41) is 6.14. The highest BCUT2D eigenvalue weighted by molar-refractivity contribution is 7.91. The molecule has 3 saturated carbocycles. The molecule has 56 heavy (non-hydrogen) atoms. The second-order valence-corrected chi connectivity index (χ2v) is 20.1. The van der Waals surface area contributed by atoms with Crippen molar-refractivity contribution in [2.45, 2.75) is 146 Å². The van der Waals surface area contributed by atoms with Crippen LogP contribution in [0.1, 0.15) is 110 Å². The number of fused-ring (bicyclic) bond motifs is 4. The highest BCUT2D eigenvalue weighted by Gasteiger charge is 2.63. The molecule has 1 aromatic carbocycles. The summed E-state index contributed by atoms with van der Waals surface area (Å²) >= 11 is 0. The average Bonchev–Trinajstić information content (AvgIpc) is 4.07. The van der Waals surface area contributed by atoms with Crippen LogP contribution in [0.5, 0.6) is 11.5 Å². The lowest BCUT2D eigenvalue weighted by Gasteiger charge is -2.38. The predicted molar refractivity (Wildman–Crippen MR) is 206 cm³/mol. The SMILES string of the molecule is CC[C@@H]1C[C@]1(NC(=O)[C@@H]1C[C@]23CCc4c(c(nc5ccc(OC)cc45)CCCCC[C@@H]4C[C@H]4OC(=O)N[C@@H](C(C)(C)C)C(=O)N1C2)O3)C(=O)NS(=O)(=O)C1CC1. The van der Waals surface area contributed by atoms with Crippen LogP contribution in [0.25, 0.3) is 10.9 Å². The van der Waals surface area contributed by atoms with Crippen LogP contribution in [0.2, 0.25) is 0 Å². The van der Waals surface area contributed by atoms with Gasteiger partial charge in [0.05, 0.1) is 30.1 Å². The van der Waals surface area contributed by atoms with Gasteiger partial charge in [0.1, 0.15) is 40.8 Å². The summed E-state index contributed by atoms with van der Waals surface area (Å²) in [7, 11) is -2.24. The minimum atomic E-state index is -3.87. The van der Waals surface area contributed by atoms with Gasteiger partial charge in [0.15, 0.2) is 0 Å². The Kier molecular flexibility index (Phi) is 9.72. The van der Waals surface area contributed by atoms with Crippen molar-refractivity contribution in [3.8, 4) is 11.5 Å². The smallest absolute Gasteiger partial charge is 0.408 e. The van der Waals surface area contributed by atoms with Crippen molar-refractivity contribution in [1.29, 1.82) is 0 Å². The van der Waals surface area contributed by atoms with E-state index in [0.717, 1.165) is 54.3 Å².